The molecule has 0 saturated heterocycles. The Kier molecular flexibility index (Phi) is 9.75. The van der Waals surface area contributed by atoms with Gasteiger partial charge in [0.15, 0.2) is 0 Å². The lowest BCUT2D eigenvalue weighted by Gasteiger charge is -2.32. The number of amides is 2. The standard InChI is InChI=1S/C26H36ClN3O4S/c1-19-10-7-11-21(16-19)18-29(20(2)25(32)28-26(3,4)5)24(31)14-9-15-30(35(6,33)34)23-13-8-12-22(27)17-23/h7-8,10-13,16-17,20H,9,14-15,18H2,1-6H3,(H,28,32)/t20-/m0/s1. The fourth-order valence-corrected chi connectivity index (χ4v) is 4.84. The number of nitrogens with zero attached hydrogens (tertiary/aromatic N) is 2. The van der Waals surface area contributed by atoms with Crippen molar-refractivity contribution in [2.45, 2.75) is 65.6 Å². The van der Waals surface area contributed by atoms with E-state index in [4.69, 9.17) is 11.6 Å². The van der Waals surface area contributed by atoms with Gasteiger partial charge in [0, 0.05) is 30.1 Å². The molecule has 0 bridgehead atoms. The minimum Gasteiger partial charge on any atom is -0.350 e. The van der Waals surface area contributed by atoms with Gasteiger partial charge in [0.25, 0.3) is 0 Å². The number of carbonyl (C=O) groups excluding carboxylic acids is 2. The maximum Gasteiger partial charge on any atom is 0.242 e. The minimum atomic E-state index is -3.57. The van der Waals surface area contributed by atoms with Gasteiger partial charge >= 0.3 is 0 Å². The number of benzene rings is 2. The molecule has 7 nitrogen and oxygen atoms in total. The third-order valence-electron chi connectivity index (χ3n) is 5.35. The van der Waals surface area contributed by atoms with Gasteiger partial charge in [0.1, 0.15) is 6.04 Å². The molecule has 0 aliphatic heterocycles. The first-order valence-corrected chi connectivity index (χ1v) is 13.8. The molecular weight excluding hydrogens is 486 g/mol. The second-order valence-corrected chi connectivity index (χ2v) is 12.2. The molecule has 0 fully saturated rings. The Morgan fingerprint density at radius 2 is 1.74 bits per heavy atom. The maximum absolute atomic E-state index is 13.3. The Balaban J connectivity index is 2.19. The normalized spacial score (nSPS) is 12.7. The van der Waals surface area contributed by atoms with E-state index < -0.39 is 21.6 Å². The zero-order chi connectivity index (χ0) is 26.4. The number of halogens is 1. The van der Waals surface area contributed by atoms with Crippen molar-refractivity contribution in [1.82, 2.24) is 10.2 Å². The van der Waals surface area contributed by atoms with Crippen molar-refractivity contribution in [3.8, 4) is 0 Å². The van der Waals surface area contributed by atoms with Crippen LogP contribution in [-0.4, -0.2) is 49.5 Å². The van der Waals surface area contributed by atoms with Gasteiger partial charge in [-0.05, 0) is 64.8 Å². The van der Waals surface area contributed by atoms with E-state index in [9.17, 15) is 18.0 Å². The molecule has 2 aromatic carbocycles. The van der Waals surface area contributed by atoms with Gasteiger partial charge in [-0.2, -0.15) is 0 Å². The largest absolute Gasteiger partial charge is 0.350 e. The fraction of sp³-hybridized carbons (Fsp3) is 0.462. The van der Waals surface area contributed by atoms with Crippen LogP contribution in [0, 0.1) is 6.92 Å². The number of nitrogens with one attached hydrogen (secondary N) is 1. The van der Waals surface area contributed by atoms with Gasteiger partial charge in [-0.25, -0.2) is 8.42 Å². The summed E-state index contributed by atoms with van der Waals surface area (Å²) >= 11 is 6.04. The van der Waals surface area contributed by atoms with Crippen molar-refractivity contribution in [3.63, 3.8) is 0 Å². The van der Waals surface area contributed by atoms with Crippen LogP contribution >= 0.6 is 11.6 Å². The molecule has 0 aliphatic carbocycles. The molecule has 2 rings (SSSR count). The van der Waals surface area contributed by atoms with E-state index in [1.165, 1.54) is 4.31 Å². The number of carbonyl (C=O) groups is 2. The Bertz CT molecular complexity index is 1150. The molecule has 192 valence electrons. The number of hydrogen-bond donors (Lipinski definition) is 1. The summed E-state index contributed by atoms with van der Waals surface area (Å²) in [5.74, 6) is -0.460. The van der Waals surface area contributed by atoms with Crippen LogP contribution in [0.15, 0.2) is 48.5 Å². The molecular formula is C26H36ClN3O4S. The third-order valence-corrected chi connectivity index (χ3v) is 6.78. The van der Waals surface area contributed by atoms with Crippen molar-refractivity contribution in [2.75, 3.05) is 17.1 Å². The lowest BCUT2D eigenvalue weighted by molar-refractivity contribution is -0.141. The zero-order valence-electron chi connectivity index (χ0n) is 21.3. The third kappa shape index (κ3) is 9.18. The molecule has 0 heterocycles. The SMILES string of the molecule is Cc1cccc(CN(C(=O)CCCN(c2cccc(Cl)c2)S(C)(=O)=O)[C@@H](C)C(=O)NC(C)(C)C)c1. The lowest BCUT2D eigenvalue weighted by atomic mass is 10.1. The molecule has 0 radical (unpaired) electrons. The topological polar surface area (TPSA) is 86.8 Å². The highest BCUT2D eigenvalue weighted by molar-refractivity contribution is 7.92. The predicted octanol–water partition coefficient (Wildman–Crippen LogP) is 4.53. The molecule has 35 heavy (non-hydrogen) atoms. The van der Waals surface area contributed by atoms with Gasteiger partial charge in [0.05, 0.1) is 11.9 Å². The van der Waals surface area contributed by atoms with Crippen molar-refractivity contribution in [1.29, 1.82) is 0 Å². The van der Waals surface area contributed by atoms with Crippen LogP contribution in [0.25, 0.3) is 0 Å². The van der Waals surface area contributed by atoms with E-state index in [0.717, 1.165) is 17.4 Å². The summed E-state index contributed by atoms with van der Waals surface area (Å²) in [6.45, 7) is 9.75. The molecule has 0 aromatic heterocycles. The van der Waals surface area contributed by atoms with E-state index >= 15 is 0 Å². The van der Waals surface area contributed by atoms with Gasteiger partial charge in [-0.3, -0.25) is 13.9 Å². The first-order chi connectivity index (χ1) is 16.2. The highest BCUT2D eigenvalue weighted by atomic mass is 35.5. The van der Waals surface area contributed by atoms with Crippen molar-refractivity contribution in [3.05, 3.63) is 64.7 Å². The summed E-state index contributed by atoms with van der Waals surface area (Å²) in [4.78, 5) is 27.8. The second-order valence-electron chi connectivity index (χ2n) is 9.84. The van der Waals surface area contributed by atoms with Crippen LogP contribution in [0.5, 0.6) is 0 Å². The molecule has 1 N–H and O–H groups in total. The van der Waals surface area contributed by atoms with Crippen molar-refractivity contribution < 1.29 is 18.0 Å². The molecule has 0 unspecified atom stereocenters. The Hall–Kier alpha value is -2.58. The van der Waals surface area contributed by atoms with Gasteiger partial charge in [-0.15, -0.1) is 0 Å². The maximum atomic E-state index is 13.3. The highest BCUT2D eigenvalue weighted by Gasteiger charge is 2.28. The second kappa shape index (κ2) is 11.9. The summed E-state index contributed by atoms with van der Waals surface area (Å²) in [6, 6.07) is 13.7. The smallest absolute Gasteiger partial charge is 0.242 e. The first kappa shape index (κ1) is 28.7. The van der Waals surface area contributed by atoms with Gasteiger partial charge in [0.2, 0.25) is 21.8 Å². The first-order valence-electron chi connectivity index (χ1n) is 11.6. The van der Waals surface area contributed by atoms with E-state index in [1.807, 2.05) is 52.0 Å². The fourth-order valence-electron chi connectivity index (χ4n) is 3.70. The number of aryl methyl sites for hydroxylation is 1. The molecule has 1 atom stereocenters. The summed E-state index contributed by atoms with van der Waals surface area (Å²) in [5, 5.41) is 3.37. The average Bonchev–Trinajstić information content (AvgIpc) is 2.72. The molecule has 0 spiro atoms. The number of hydrogen-bond acceptors (Lipinski definition) is 4. The van der Waals surface area contributed by atoms with Gasteiger partial charge < -0.3 is 10.2 Å². The van der Waals surface area contributed by atoms with Crippen LogP contribution in [0.3, 0.4) is 0 Å². The summed E-state index contributed by atoms with van der Waals surface area (Å²) in [7, 11) is -3.57. The molecule has 0 aliphatic rings. The van der Waals surface area contributed by atoms with Crippen LogP contribution in [0.4, 0.5) is 5.69 Å². The Morgan fingerprint density at radius 3 is 2.31 bits per heavy atom. The Labute approximate surface area is 214 Å². The lowest BCUT2D eigenvalue weighted by Crippen LogP contribution is -2.52. The number of sulfonamides is 1. The number of anilines is 1. The minimum absolute atomic E-state index is 0.0888. The van der Waals surface area contributed by atoms with Crippen molar-refractivity contribution >= 4 is 39.1 Å². The van der Waals surface area contributed by atoms with Crippen LogP contribution in [0.2, 0.25) is 5.02 Å². The summed E-state index contributed by atoms with van der Waals surface area (Å²) in [6.07, 6.45) is 1.50. The summed E-state index contributed by atoms with van der Waals surface area (Å²) in [5.41, 5.74) is 2.00. The molecule has 9 heteroatoms. The van der Waals surface area contributed by atoms with E-state index in [-0.39, 0.29) is 37.7 Å². The summed E-state index contributed by atoms with van der Waals surface area (Å²) < 4.78 is 26.0. The van der Waals surface area contributed by atoms with Crippen LogP contribution in [-0.2, 0) is 26.2 Å². The van der Waals surface area contributed by atoms with Crippen LogP contribution in [0.1, 0.15) is 51.7 Å². The average molecular weight is 522 g/mol. The van der Waals surface area contributed by atoms with E-state index in [1.54, 1.807) is 36.1 Å². The quantitative estimate of drug-likeness (QED) is 0.497. The molecule has 0 saturated carbocycles. The monoisotopic (exact) mass is 521 g/mol. The molecule has 2 amide bonds. The highest BCUT2D eigenvalue weighted by Crippen LogP contribution is 2.23. The van der Waals surface area contributed by atoms with E-state index in [2.05, 4.69) is 5.32 Å². The van der Waals surface area contributed by atoms with Gasteiger partial charge in [-0.1, -0.05) is 47.5 Å². The van der Waals surface area contributed by atoms with E-state index in [0.29, 0.717) is 10.7 Å². The predicted molar refractivity (Wildman–Crippen MR) is 142 cm³/mol. The molecule has 2 aromatic rings. The van der Waals surface area contributed by atoms with Crippen LogP contribution < -0.4 is 9.62 Å². The van der Waals surface area contributed by atoms with Crippen molar-refractivity contribution in [2.24, 2.45) is 0 Å². The number of rotatable bonds is 10. The Morgan fingerprint density at radius 1 is 1.09 bits per heavy atom. The zero-order valence-corrected chi connectivity index (χ0v) is 22.9.